The van der Waals surface area contributed by atoms with Gasteiger partial charge in [0.1, 0.15) is 0 Å². The van der Waals surface area contributed by atoms with Gasteiger partial charge >= 0.3 is 6.18 Å². The number of nitrogens with zero attached hydrogens (tertiary/aromatic N) is 3. The van der Waals surface area contributed by atoms with Crippen LogP contribution in [0.5, 0.6) is 0 Å². The number of hydrogen-bond donors (Lipinski definition) is 1. The Bertz CT molecular complexity index is 1100. The van der Waals surface area contributed by atoms with Gasteiger partial charge in [-0.2, -0.15) is 13.2 Å². The maximum Gasteiger partial charge on any atom is 0.418 e. The van der Waals surface area contributed by atoms with E-state index in [4.69, 9.17) is 4.74 Å². The Balaban J connectivity index is 1.89. The van der Waals surface area contributed by atoms with Gasteiger partial charge in [-0.15, -0.1) is 5.10 Å². The van der Waals surface area contributed by atoms with Gasteiger partial charge in [-0.05, 0) is 30.3 Å². The molecule has 0 unspecified atom stereocenters. The number of para-hydroxylation sites is 1. The van der Waals surface area contributed by atoms with Gasteiger partial charge in [0.25, 0.3) is 10.0 Å². The summed E-state index contributed by atoms with van der Waals surface area (Å²) in [6, 6.07) is 10.0. The molecular weight excluding hydrogens is 409 g/mol. The van der Waals surface area contributed by atoms with Crippen LogP contribution in [-0.4, -0.2) is 37.1 Å². The second kappa shape index (κ2) is 8.21. The summed E-state index contributed by atoms with van der Waals surface area (Å²) in [6.07, 6.45) is -2.54. The lowest BCUT2D eigenvalue weighted by atomic mass is 10.2. The van der Waals surface area contributed by atoms with Crippen molar-refractivity contribution in [2.24, 2.45) is 0 Å². The van der Waals surface area contributed by atoms with Crippen LogP contribution >= 0.6 is 0 Å². The van der Waals surface area contributed by atoms with Crippen molar-refractivity contribution in [3.8, 4) is 5.69 Å². The lowest BCUT2D eigenvalue weighted by Gasteiger charge is -2.15. The number of benzene rings is 2. The van der Waals surface area contributed by atoms with Gasteiger partial charge in [-0.1, -0.05) is 23.4 Å². The first-order chi connectivity index (χ1) is 13.7. The van der Waals surface area contributed by atoms with Crippen molar-refractivity contribution in [2.75, 3.05) is 18.4 Å². The number of nitrogens with one attached hydrogen (secondary N) is 1. The average molecular weight is 426 g/mol. The molecule has 0 spiro atoms. The fourth-order valence-corrected chi connectivity index (χ4v) is 3.68. The molecule has 0 bridgehead atoms. The third-order valence-corrected chi connectivity index (χ3v) is 5.34. The SMILES string of the molecule is COCCc1cn(-c2cccc(S(=O)(=O)Nc3ccccc3C(F)(F)F)c2)nn1. The highest BCUT2D eigenvalue weighted by Crippen LogP contribution is 2.35. The molecule has 0 saturated carbocycles. The molecule has 3 aromatic rings. The summed E-state index contributed by atoms with van der Waals surface area (Å²) < 4.78 is 73.1. The van der Waals surface area contributed by atoms with Crippen LogP contribution in [0.1, 0.15) is 11.3 Å². The van der Waals surface area contributed by atoms with Gasteiger partial charge in [0.15, 0.2) is 0 Å². The maximum atomic E-state index is 13.1. The number of methoxy groups -OCH3 is 1. The molecule has 3 rings (SSSR count). The van der Waals surface area contributed by atoms with E-state index < -0.39 is 27.5 Å². The van der Waals surface area contributed by atoms with Gasteiger partial charge in [0.05, 0.1) is 40.3 Å². The predicted molar refractivity (Wildman–Crippen MR) is 99.2 cm³/mol. The highest BCUT2D eigenvalue weighted by Gasteiger charge is 2.34. The number of rotatable bonds is 7. The zero-order chi connectivity index (χ0) is 21.1. The molecule has 0 aliphatic rings. The molecule has 0 atom stereocenters. The topological polar surface area (TPSA) is 86.1 Å². The molecule has 1 heterocycles. The summed E-state index contributed by atoms with van der Waals surface area (Å²) in [5.41, 5.74) is -0.572. The quantitative estimate of drug-likeness (QED) is 0.627. The van der Waals surface area contributed by atoms with E-state index in [0.29, 0.717) is 24.4 Å². The first-order valence-electron chi connectivity index (χ1n) is 8.40. The van der Waals surface area contributed by atoms with E-state index in [9.17, 15) is 21.6 Å². The summed E-state index contributed by atoms with van der Waals surface area (Å²) in [6.45, 7) is 0.454. The van der Waals surface area contributed by atoms with E-state index in [2.05, 4.69) is 10.3 Å². The summed E-state index contributed by atoms with van der Waals surface area (Å²) >= 11 is 0. The molecule has 2 aromatic carbocycles. The second-order valence-electron chi connectivity index (χ2n) is 6.04. The molecule has 7 nitrogen and oxygen atoms in total. The van der Waals surface area contributed by atoms with Gasteiger partial charge in [0.2, 0.25) is 0 Å². The number of ether oxygens (including phenoxy) is 1. The molecular formula is C18H17F3N4O3S. The van der Waals surface area contributed by atoms with E-state index in [1.807, 2.05) is 4.72 Å². The van der Waals surface area contributed by atoms with Crippen LogP contribution in [0, 0.1) is 0 Å². The van der Waals surface area contributed by atoms with Crippen LogP contribution < -0.4 is 4.72 Å². The largest absolute Gasteiger partial charge is 0.418 e. The van der Waals surface area contributed by atoms with Crippen molar-refractivity contribution in [1.82, 2.24) is 15.0 Å². The third kappa shape index (κ3) is 4.93. The van der Waals surface area contributed by atoms with Crippen molar-refractivity contribution in [1.29, 1.82) is 0 Å². The van der Waals surface area contributed by atoms with E-state index in [-0.39, 0.29) is 4.90 Å². The van der Waals surface area contributed by atoms with Crippen molar-refractivity contribution in [3.63, 3.8) is 0 Å². The number of halogens is 3. The molecule has 0 amide bonds. The van der Waals surface area contributed by atoms with Gasteiger partial charge in [0, 0.05) is 13.5 Å². The molecule has 154 valence electrons. The zero-order valence-electron chi connectivity index (χ0n) is 15.2. The van der Waals surface area contributed by atoms with Crippen molar-refractivity contribution in [3.05, 3.63) is 66.0 Å². The van der Waals surface area contributed by atoms with Crippen molar-refractivity contribution >= 4 is 15.7 Å². The number of alkyl halides is 3. The Hall–Kier alpha value is -2.92. The number of aromatic nitrogens is 3. The van der Waals surface area contributed by atoms with Gasteiger partial charge < -0.3 is 4.74 Å². The fourth-order valence-electron chi connectivity index (χ4n) is 2.56. The summed E-state index contributed by atoms with van der Waals surface area (Å²) in [5.74, 6) is 0. The minimum Gasteiger partial charge on any atom is -0.384 e. The predicted octanol–water partition coefficient (Wildman–Crippen LogP) is 3.28. The molecule has 0 fully saturated rings. The van der Waals surface area contributed by atoms with Crippen molar-refractivity contribution in [2.45, 2.75) is 17.5 Å². The lowest BCUT2D eigenvalue weighted by molar-refractivity contribution is -0.136. The minimum absolute atomic E-state index is 0.207. The first-order valence-corrected chi connectivity index (χ1v) is 9.88. The Morgan fingerprint density at radius 3 is 2.62 bits per heavy atom. The fraction of sp³-hybridized carbons (Fsp3) is 0.222. The van der Waals surface area contributed by atoms with E-state index >= 15 is 0 Å². The van der Waals surface area contributed by atoms with E-state index in [1.54, 1.807) is 19.4 Å². The van der Waals surface area contributed by atoms with Crippen LogP contribution in [-0.2, 0) is 27.4 Å². The monoisotopic (exact) mass is 426 g/mol. The lowest BCUT2D eigenvalue weighted by Crippen LogP contribution is -2.17. The van der Waals surface area contributed by atoms with Crippen LogP contribution in [0.3, 0.4) is 0 Å². The van der Waals surface area contributed by atoms with Crippen LogP contribution in [0.2, 0.25) is 0 Å². The van der Waals surface area contributed by atoms with Crippen LogP contribution in [0.15, 0.2) is 59.6 Å². The number of hydrogen-bond acceptors (Lipinski definition) is 5. The van der Waals surface area contributed by atoms with Crippen LogP contribution in [0.4, 0.5) is 18.9 Å². The molecule has 0 radical (unpaired) electrons. The summed E-state index contributed by atoms with van der Waals surface area (Å²) in [7, 11) is -2.71. The van der Waals surface area contributed by atoms with E-state index in [1.165, 1.54) is 35.0 Å². The highest BCUT2D eigenvalue weighted by molar-refractivity contribution is 7.92. The molecule has 11 heteroatoms. The molecule has 1 aromatic heterocycles. The number of anilines is 1. The minimum atomic E-state index is -4.69. The molecule has 0 aliphatic carbocycles. The Morgan fingerprint density at radius 1 is 1.14 bits per heavy atom. The smallest absolute Gasteiger partial charge is 0.384 e. The van der Waals surface area contributed by atoms with E-state index in [0.717, 1.165) is 12.1 Å². The summed E-state index contributed by atoms with van der Waals surface area (Å²) in [4.78, 5) is -0.207. The maximum absolute atomic E-state index is 13.1. The average Bonchev–Trinajstić information content (AvgIpc) is 3.15. The summed E-state index contributed by atoms with van der Waals surface area (Å²) in [5, 5.41) is 7.91. The normalized spacial score (nSPS) is 12.1. The Morgan fingerprint density at radius 2 is 1.90 bits per heavy atom. The standard InChI is InChI=1S/C18H17F3N4O3S/c1-28-10-9-13-12-25(24-22-13)14-5-4-6-15(11-14)29(26,27)23-17-8-3-2-7-16(17)18(19,20)21/h2-8,11-12,23H,9-10H2,1H3. The first kappa shape index (κ1) is 20.8. The zero-order valence-corrected chi connectivity index (χ0v) is 16.0. The van der Waals surface area contributed by atoms with Crippen molar-refractivity contribution < 1.29 is 26.3 Å². The van der Waals surface area contributed by atoms with Gasteiger partial charge in [-0.25, -0.2) is 13.1 Å². The number of sulfonamides is 1. The van der Waals surface area contributed by atoms with Crippen LogP contribution in [0.25, 0.3) is 5.69 Å². The molecule has 29 heavy (non-hydrogen) atoms. The Kier molecular flexibility index (Phi) is 5.89. The molecule has 0 saturated heterocycles. The molecule has 0 aliphatic heterocycles. The Labute approximate surface area is 165 Å². The third-order valence-electron chi connectivity index (χ3n) is 3.97. The van der Waals surface area contributed by atoms with Gasteiger partial charge in [-0.3, -0.25) is 4.72 Å². The molecule has 1 N–H and O–H groups in total. The highest BCUT2D eigenvalue weighted by atomic mass is 32.2. The second-order valence-corrected chi connectivity index (χ2v) is 7.73.